The molecule has 2 rings (SSSR count). The molecule has 1 aliphatic heterocycles. The molecule has 0 aliphatic carbocycles. The molecule has 1 aromatic carbocycles. The van der Waals surface area contributed by atoms with E-state index < -0.39 is 0 Å². The van der Waals surface area contributed by atoms with Gasteiger partial charge in [0.15, 0.2) is 0 Å². The van der Waals surface area contributed by atoms with Gasteiger partial charge in [0.05, 0.1) is 13.2 Å². The number of rotatable bonds is 7. The smallest absolute Gasteiger partial charge is 0.315 e. The third kappa shape index (κ3) is 4.95. The first-order valence-electron chi connectivity index (χ1n) is 8.44. The van der Waals surface area contributed by atoms with Crippen LogP contribution in [-0.4, -0.2) is 42.9 Å². The summed E-state index contributed by atoms with van der Waals surface area (Å²) in [5.41, 5.74) is 2.00. The average molecular weight is 347 g/mol. The van der Waals surface area contributed by atoms with Crippen molar-refractivity contribution in [3.8, 4) is 5.75 Å². The first kappa shape index (κ1) is 18.8. The Bertz CT molecular complexity index is 644. The van der Waals surface area contributed by atoms with E-state index in [1.165, 1.54) is 4.90 Å². The molecular formula is C18H25N3O4. The molecule has 0 aromatic heterocycles. The molecule has 1 atom stereocenters. The van der Waals surface area contributed by atoms with Crippen molar-refractivity contribution in [2.24, 2.45) is 0 Å². The summed E-state index contributed by atoms with van der Waals surface area (Å²) in [6.07, 6.45) is 1.12. The van der Waals surface area contributed by atoms with Crippen LogP contribution in [0, 0.1) is 6.92 Å². The molecule has 7 heteroatoms. The highest BCUT2D eigenvalue weighted by Crippen LogP contribution is 2.25. The van der Waals surface area contributed by atoms with E-state index >= 15 is 0 Å². The van der Waals surface area contributed by atoms with Gasteiger partial charge in [-0.05, 0) is 26.3 Å². The Hall–Kier alpha value is -2.57. The van der Waals surface area contributed by atoms with Crippen molar-refractivity contribution in [2.75, 3.05) is 20.2 Å². The average Bonchev–Trinajstić information content (AvgIpc) is 2.90. The fourth-order valence-electron chi connectivity index (χ4n) is 2.83. The molecule has 25 heavy (non-hydrogen) atoms. The lowest BCUT2D eigenvalue weighted by Crippen LogP contribution is -2.39. The lowest BCUT2D eigenvalue weighted by atomic mass is 10.0. The van der Waals surface area contributed by atoms with Crippen molar-refractivity contribution in [2.45, 2.75) is 39.2 Å². The predicted octanol–water partition coefficient (Wildman–Crippen LogP) is 1.90. The Balaban J connectivity index is 1.77. The topological polar surface area (TPSA) is 87.7 Å². The van der Waals surface area contributed by atoms with Gasteiger partial charge < -0.3 is 15.4 Å². The Morgan fingerprint density at radius 2 is 1.96 bits per heavy atom. The van der Waals surface area contributed by atoms with E-state index in [0.717, 1.165) is 16.9 Å². The molecule has 2 N–H and O–H groups in total. The molecule has 7 nitrogen and oxygen atoms in total. The van der Waals surface area contributed by atoms with Crippen molar-refractivity contribution in [1.82, 2.24) is 15.5 Å². The highest BCUT2D eigenvalue weighted by Gasteiger charge is 2.27. The van der Waals surface area contributed by atoms with Crippen molar-refractivity contribution in [3.63, 3.8) is 0 Å². The Labute approximate surface area is 147 Å². The lowest BCUT2D eigenvalue weighted by Gasteiger charge is -2.19. The molecule has 0 radical (unpaired) electrons. The van der Waals surface area contributed by atoms with Crippen LogP contribution in [-0.2, 0) is 9.59 Å². The van der Waals surface area contributed by atoms with Crippen molar-refractivity contribution < 1.29 is 19.1 Å². The minimum atomic E-state index is -0.296. The van der Waals surface area contributed by atoms with Gasteiger partial charge in [-0.3, -0.25) is 14.5 Å². The standard InChI is InChI=1S/C18H25N3O4/c1-12-5-6-15(25-3)14(11-12)13(2)20-18(24)19-9-4-10-21-16(22)7-8-17(21)23/h5-6,11,13H,4,7-10H2,1-3H3,(H2,19,20,24)/t13-/m1/s1. The number of ether oxygens (including phenoxy) is 1. The maximum atomic E-state index is 12.0. The van der Waals surface area contributed by atoms with Gasteiger partial charge in [-0.1, -0.05) is 17.7 Å². The molecule has 136 valence electrons. The molecule has 0 unspecified atom stereocenters. The van der Waals surface area contributed by atoms with Gasteiger partial charge in [-0.25, -0.2) is 4.79 Å². The fourth-order valence-corrected chi connectivity index (χ4v) is 2.83. The third-order valence-electron chi connectivity index (χ3n) is 4.20. The van der Waals surface area contributed by atoms with Gasteiger partial charge in [0, 0.05) is 31.5 Å². The first-order valence-corrected chi connectivity index (χ1v) is 8.44. The summed E-state index contributed by atoms with van der Waals surface area (Å²) in [5.74, 6) is 0.466. The zero-order chi connectivity index (χ0) is 18.4. The molecular weight excluding hydrogens is 322 g/mol. The first-order chi connectivity index (χ1) is 11.9. The van der Waals surface area contributed by atoms with Gasteiger partial charge in [0.2, 0.25) is 11.8 Å². The highest BCUT2D eigenvalue weighted by atomic mass is 16.5. The molecule has 0 bridgehead atoms. The van der Waals surface area contributed by atoms with E-state index in [0.29, 0.717) is 32.4 Å². The Morgan fingerprint density at radius 1 is 1.28 bits per heavy atom. The summed E-state index contributed by atoms with van der Waals surface area (Å²) in [7, 11) is 1.60. The molecule has 0 spiro atoms. The second-order valence-corrected chi connectivity index (χ2v) is 6.16. The summed E-state index contributed by atoms with van der Waals surface area (Å²) < 4.78 is 5.34. The zero-order valence-corrected chi connectivity index (χ0v) is 14.9. The number of urea groups is 1. The van der Waals surface area contributed by atoms with Gasteiger partial charge in [-0.2, -0.15) is 0 Å². The monoisotopic (exact) mass is 347 g/mol. The van der Waals surface area contributed by atoms with E-state index in [1.54, 1.807) is 7.11 Å². The number of amides is 4. The van der Waals surface area contributed by atoms with Crippen LogP contribution < -0.4 is 15.4 Å². The summed E-state index contributed by atoms with van der Waals surface area (Å²) in [6.45, 7) is 4.61. The number of nitrogens with zero attached hydrogens (tertiary/aromatic N) is 1. The summed E-state index contributed by atoms with van der Waals surface area (Å²) in [6, 6.07) is 5.31. The number of carbonyl (C=O) groups excluding carboxylic acids is 3. The second-order valence-electron chi connectivity index (χ2n) is 6.16. The van der Waals surface area contributed by atoms with E-state index in [-0.39, 0.29) is 23.9 Å². The largest absolute Gasteiger partial charge is 0.496 e. The van der Waals surface area contributed by atoms with Crippen molar-refractivity contribution in [3.05, 3.63) is 29.3 Å². The molecule has 1 heterocycles. The van der Waals surface area contributed by atoms with Crippen LogP contribution in [0.4, 0.5) is 4.79 Å². The summed E-state index contributed by atoms with van der Waals surface area (Å²) >= 11 is 0. The number of hydrogen-bond donors (Lipinski definition) is 2. The number of imide groups is 1. The molecule has 1 fully saturated rings. The van der Waals surface area contributed by atoms with Crippen LogP contribution >= 0.6 is 0 Å². The van der Waals surface area contributed by atoms with E-state index in [2.05, 4.69) is 10.6 Å². The molecule has 1 aromatic rings. The van der Waals surface area contributed by atoms with E-state index in [9.17, 15) is 14.4 Å². The summed E-state index contributed by atoms with van der Waals surface area (Å²) in [5, 5.41) is 5.62. The number of hydrogen-bond acceptors (Lipinski definition) is 4. The fraction of sp³-hybridized carbons (Fsp3) is 0.500. The maximum Gasteiger partial charge on any atom is 0.315 e. The molecule has 1 aliphatic rings. The van der Waals surface area contributed by atoms with Crippen LogP contribution in [0.2, 0.25) is 0 Å². The SMILES string of the molecule is COc1ccc(C)cc1[C@@H](C)NC(=O)NCCCN1C(=O)CCC1=O. The third-order valence-corrected chi connectivity index (χ3v) is 4.20. The number of aryl methyl sites for hydroxylation is 1. The Morgan fingerprint density at radius 3 is 2.60 bits per heavy atom. The van der Waals surface area contributed by atoms with Crippen molar-refractivity contribution in [1.29, 1.82) is 0 Å². The predicted molar refractivity (Wildman–Crippen MR) is 93.3 cm³/mol. The van der Waals surface area contributed by atoms with Crippen LogP contribution in [0.25, 0.3) is 0 Å². The second kappa shape index (κ2) is 8.50. The van der Waals surface area contributed by atoms with Crippen molar-refractivity contribution >= 4 is 17.8 Å². The number of methoxy groups -OCH3 is 1. The van der Waals surface area contributed by atoms with Gasteiger partial charge in [0.25, 0.3) is 0 Å². The van der Waals surface area contributed by atoms with Crippen LogP contribution in [0.15, 0.2) is 18.2 Å². The minimum absolute atomic E-state index is 0.130. The van der Waals surface area contributed by atoms with Gasteiger partial charge in [0.1, 0.15) is 5.75 Å². The number of likely N-dealkylation sites (tertiary alicyclic amines) is 1. The Kier molecular flexibility index (Phi) is 6.38. The highest BCUT2D eigenvalue weighted by molar-refractivity contribution is 6.01. The minimum Gasteiger partial charge on any atom is -0.496 e. The summed E-state index contributed by atoms with van der Waals surface area (Å²) in [4.78, 5) is 36.3. The number of nitrogens with one attached hydrogen (secondary N) is 2. The van der Waals surface area contributed by atoms with Gasteiger partial charge >= 0.3 is 6.03 Å². The molecule has 1 saturated heterocycles. The molecule has 4 amide bonds. The zero-order valence-electron chi connectivity index (χ0n) is 14.9. The quantitative estimate of drug-likeness (QED) is 0.582. The maximum absolute atomic E-state index is 12.0. The lowest BCUT2D eigenvalue weighted by molar-refractivity contribution is -0.138. The van der Waals surface area contributed by atoms with Crippen LogP contribution in [0.5, 0.6) is 5.75 Å². The molecule has 0 saturated carbocycles. The van der Waals surface area contributed by atoms with Gasteiger partial charge in [-0.15, -0.1) is 0 Å². The van der Waals surface area contributed by atoms with E-state index in [1.807, 2.05) is 32.0 Å². The van der Waals surface area contributed by atoms with E-state index in [4.69, 9.17) is 4.74 Å². The van der Waals surface area contributed by atoms with Crippen LogP contribution in [0.1, 0.15) is 43.4 Å². The van der Waals surface area contributed by atoms with Crippen LogP contribution in [0.3, 0.4) is 0 Å². The normalized spacial score (nSPS) is 15.2. The number of carbonyl (C=O) groups is 3. The number of benzene rings is 1.